The summed E-state index contributed by atoms with van der Waals surface area (Å²) in [5, 5.41) is 21.7. The minimum absolute atomic E-state index is 0.0271. The molecule has 3 heterocycles. The van der Waals surface area contributed by atoms with Crippen LogP contribution in [0.2, 0.25) is 0 Å². The standard InChI is InChI=1S/C12H10N4O2S2/c1-7-6-20-9(13-7)5-16-11(8-3-2-4-19-8)10(12(17)18)14-15-16/h2-4,6H,5H2,1H3,(H,17,18). The summed E-state index contributed by atoms with van der Waals surface area (Å²) in [4.78, 5) is 16.5. The monoisotopic (exact) mass is 306 g/mol. The van der Waals surface area contributed by atoms with E-state index in [1.165, 1.54) is 22.7 Å². The fourth-order valence-electron chi connectivity index (χ4n) is 1.83. The van der Waals surface area contributed by atoms with E-state index in [4.69, 9.17) is 0 Å². The highest BCUT2D eigenvalue weighted by atomic mass is 32.1. The lowest BCUT2D eigenvalue weighted by Crippen LogP contribution is -2.05. The van der Waals surface area contributed by atoms with Crippen molar-refractivity contribution < 1.29 is 9.90 Å². The van der Waals surface area contributed by atoms with E-state index in [0.29, 0.717) is 12.2 Å². The molecule has 102 valence electrons. The first kappa shape index (κ1) is 12.9. The molecule has 0 unspecified atom stereocenters. The third kappa shape index (κ3) is 2.35. The lowest BCUT2D eigenvalue weighted by molar-refractivity contribution is 0.0691. The molecule has 0 bridgehead atoms. The number of carboxylic acid groups (broad SMARTS) is 1. The molecule has 6 nitrogen and oxygen atoms in total. The van der Waals surface area contributed by atoms with Crippen molar-refractivity contribution in [2.75, 3.05) is 0 Å². The van der Waals surface area contributed by atoms with Gasteiger partial charge in [-0.05, 0) is 18.4 Å². The number of hydrogen-bond donors (Lipinski definition) is 1. The highest BCUT2D eigenvalue weighted by molar-refractivity contribution is 7.13. The van der Waals surface area contributed by atoms with Crippen molar-refractivity contribution in [2.24, 2.45) is 0 Å². The molecule has 0 aliphatic rings. The van der Waals surface area contributed by atoms with E-state index in [-0.39, 0.29) is 5.69 Å². The maximum Gasteiger partial charge on any atom is 0.358 e. The van der Waals surface area contributed by atoms with Crippen LogP contribution in [0.4, 0.5) is 0 Å². The van der Waals surface area contributed by atoms with Gasteiger partial charge in [-0.1, -0.05) is 11.3 Å². The fourth-order valence-corrected chi connectivity index (χ4v) is 3.36. The van der Waals surface area contributed by atoms with E-state index in [9.17, 15) is 9.90 Å². The van der Waals surface area contributed by atoms with Gasteiger partial charge in [-0.2, -0.15) is 0 Å². The van der Waals surface area contributed by atoms with Crippen LogP contribution in [-0.4, -0.2) is 31.1 Å². The van der Waals surface area contributed by atoms with Gasteiger partial charge in [-0.3, -0.25) is 0 Å². The Hall–Kier alpha value is -2.06. The highest BCUT2D eigenvalue weighted by Gasteiger charge is 2.21. The van der Waals surface area contributed by atoms with Gasteiger partial charge in [0.1, 0.15) is 10.7 Å². The average molecular weight is 306 g/mol. The van der Waals surface area contributed by atoms with Crippen molar-refractivity contribution >= 4 is 28.6 Å². The molecular weight excluding hydrogens is 296 g/mol. The zero-order valence-corrected chi connectivity index (χ0v) is 12.1. The zero-order chi connectivity index (χ0) is 14.1. The van der Waals surface area contributed by atoms with E-state index in [1.807, 2.05) is 29.8 Å². The lowest BCUT2D eigenvalue weighted by Gasteiger charge is -2.03. The summed E-state index contributed by atoms with van der Waals surface area (Å²) in [6, 6.07) is 3.73. The molecule has 3 aromatic heterocycles. The first-order chi connectivity index (χ1) is 9.65. The Labute approximate surface area is 122 Å². The summed E-state index contributed by atoms with van der Waals surface area (Å²) < 4.78 is 1.59. The molecule has 1 N–H and O–H groups in total. The van der Waals surface area contributed by atoms with Crippen molar-refractivity contribution in [3.05, 3.63) is 39.3 Å². The number of nitrogens with zero attached hydrogens (tertiary/aromatic N) is 4. The average Bonchev–Trinajstić information content (AvgIpc) is 3.10. The number of aromatic carboxylic acids is 1. The van der Waals surface area contributed by atoms with Crippen molar-refractivity contribution in [1.29, 1.82) is 0 Å². The molecular formula is C12H10N4O2S2. The van der Waals surface area contributed by atoms with Gasteiger partial charge in [0.25, 0.3) is 0 Å². The predicted molar refractivity (Wildman–Crippen MR) is 76.2 cm³/mol. The van der Waals surface area contributed by atoms with E-state index in [2.05, 4.69) is 15.3 Å². The van der Waals surface area contributed by atoms with E-state index >= 15 is 0 Å². The van der Waals surface area contributed by atoms with Crippen LogP contribution >= 0.6 is 22.7 Å². The van der Waals surface area contributed by atoms with Crippen molar-refractivity contribution in [3.63, 3.8) is 0 Å². The Balaban J connectivity index is 2.05. The van der Waals surface area contributed by atoms with Crippen LogP contribution in [0.15, 0.2) is 22.9 Å². The van der Waals surface area contributed by atoms with Gasteiger partial charge in [0.2, 0.25) is 0 Å². The normalized spacial score (nSPS) is 10.8. The van der Waals surface area contributed by atoms with Crippen LogP contribution in [0.25, 0.3) is 10.6 Å². The van der Waals surface area contributed by atoms with Crippen LogP contribution in [-0.2, 0) is 6.54 Å². The van der Waals surface area contributed by atoms with Crippen LogP contribution < -0.4 is 0 Å². The number of rotatable bonds is 4. The van der Waals surface area contributed by atoms with Gasteiger partial charge >= 0.3 is 5.97 Å². The number of thiophene rings is 1. The van der Waals surface area contributed by atoms with Crippen molar-refractivity contribution in [3.8, 4) is 10.6 Å². The lowest BCUT2D eigenvalue weighted by atomic mass is 10.2. The summed E-state index contributed by atoms with van der Waals surface area (Å²) in [5.74, 6) is -1.07. The van der Waals surface area contributed by atoms with Gasteiger partial charge in [0, 0.05) is 11.1 Å². The molecule has 0 atom stereocenters. The van der Waals surface area contributed by atoms with Gasteiger partial charge in [-0.25, -0.2) is 14.5 Å². The predicted octanol–water partition coefficient (Wildman–Crippen LogP) is 2.52. The SMILES string of the molecule is Cc1csc(Cn2nnc(C(=O)O)c2-c2cccs2)n1. The number of aromatic nitrogens is 4. The van der Waals surface area contributed by atoms with E-state index < -0.39 is 5.97 Å². The largest absolute Gasteiger partial charge is 0.476 e. The second-order valence-electron chi connectivity index (χ2n) is 4.11. The Morgan fingerprint density at radius 3 is 2.90 bits per heavy atom. The summed E-state index contributed by atoms with van der Waals surface area (Å²) in [7, 11) is 0. The summed E-state index contributed by atoms with van der Waals surface area (Å²) >= 11 is 2.99. The van der Waals surface area contributed by atoms with Gasteiger partial charge < -0.3 is 5.11 Å². The van der Waals surface area contributed by atoms with Crippen molar-refractivity contribution in [1.82, 2.24) is 20.0 Å². The van der Waals surface area contributed by atoms with Crippen LogP contribution in [0.1, 0.15) is 21.2 Å². The molecule has 0 radical (unpaired) electrons. The first-order valence-electron chi connectivity index (χ1n) is 5.77. The molecule has 0 saturated heterocycles. The molecule has 3 rings (SSSR count). The second kappa shape index (κ2) is 5.14. The minimum atomic E-state index is -1.07. The maximum absolute atomic E-state index is 11.3. The van der Waals surface area contributed by atoms with Gasteiger partial charge in [0.15, 0.2) is 5.69 Å². The number of hydrogen-bond acceptors (Lipinski definition) is 6. The third-order valence-corrected chi connectivity index (χ3v) is 4.47. The van der Waals surface area contributed by atoms with Crippen LogP contribution in [0.3, 0.4) is 0 Å². The molecule has 3 aromatic rings. The molecule has 0 aliphatic heterocycles. The maximum atomic E-state index is 11.3. The third-order valence-electron chi connectivity index (χ3n) is 2.64. The van der Waals surface area contributed by atoms with E-state index in [0.717, 1.165) is 15.6 Å². The smallest absolute Gasteiger partial charge is 0.358 e. The van der Waals surface area contributed by atoms with Crippen LogP contribution in [0.5, 0.6) is 0 Å². The summed E-state index contributed by atoms with van der Waals surface area (Å²) in [6.45, 7) is 2.34. The number of carbonyl (C=O) groups is 1. The number of thiazole rings is 1. The molecule has 20 heavy (non-hydrogen) atoms. The topological polar surface area (TPSA) is 80.9 Å². The molecule has 0 saturated carbocycles. The second-order valence-corrected chi connectivity index (χ2v) is 6.00. The number of aryl methyl sites for hydroxylation is 1. The zero-order valence-electron chi connectivity index (χ0n) is 10.5. The molecule has 0 fully saturated rings. The van der Waals surface area contributed by atoms with E-state index in [1.54, 1.807) is 4.68 Å². The molecule has 0 aromatic carbocycles. The fraction of sp³-hybridized carbons (Fsp3) is 0.167. The molecule has 0 amide bonds. The Kier molecular flexibility index (Phi) is 3.33. The van der Waals surface area contributed by atoms with Gasteiger partial charge in [-0.15, -0.1) is 27.8 Å². The van der Waals surface area contributed by atoms with Gasteiger partial charge in [0.05, 0.1) is 11.4 Å². The minimum Gasteiger partial charge on any atom is -0.476 e. The van der Waals surface area contributed by atoms with Crippen molar-refractivity contribution in [2.45, 2.75) is 13.5 Å². The first-order valence-corrected chi connectivity index (χ1v) is 7.52. The molecule has 0 spiro atoms. The molecule has 8 heteroatoms. The Bertz CT molecular complexity index is 745. The quantitative estimate of drug-likeness (QED) is 0.801. The van der Waals surface area contributed by atoms with Crippen LogP contribution in [0, 0.1) is 6.92 Å². The summed E-state index contributed by atoms with van der Waals surface area (Å²) in [6.07, 6.45) is 0. The molecule has 0 aliphatic carbocycles. The summed E-state index contributed by atoms with van der Waals surface area (Å²) in [5.41, 5.74) is 1.45. The number of carboxylic acids is 1. The Morgan fingerprint density at radius 1 is 1.45 bits per heavy atom. The Morgan fingerprint density at radius 2 is 2.30 bits per heavy atom. The highest BCUT2D eigenvalue weighted by Crippen LogP contribution is 2.27.